The fraction of sp³-hybridized carbons (Fsp3) is 0.733. The number of urea groups is 1. The van der Waals surface area contributed by atoms with Gasteiger partial charge >= 0.3 is 12.0 Å². The van der Waals surface area contributed by atoms with Crippen molar-refractivity contribution >= 4 is 12.0 Å². The van der Waals surface area contributed by atoms with Crippen molar-refractivity contribution in [3.63, 3.8) is 0 Å². The lowest BCUT2D eigenvalue weighted by atomic mass is 9.80. The van der Waals surface area contributed by atoms with Crippen LogP contribution in [0.5, 0.6) is 0 Å². The molecule has 0 aromatic rings. The molecular weight excluding hydrogens is 256 g/mol. The first kappa shape index (κ1) is 14.7. The second kappa shape index (κ2) is 5.74. The van der Waals surface area contributed by atoms with Gasteiger partial charge in [-0.15, -0.1) is 6.42 Å². The van der Waals surface area contributed by atoms with E-state index < -0.39 is 11.4 Å². The van der Waals surface area contributed by atoms with E-state index in [1.54, 1.807) is 16.7 Å². The lowest BCUT2D eigenvalue weighted by Crippen LogP contribution is -2.50. The Morgan fingerprint density at radius 2 is 2.00 bits per heavy atom. The number of amides is 2. The summed E-state index contributed by atoms with van der Waals surface area (Å²) in [5.41, 5.74) is -0.704. The molecular formula is C15H22N2O3. The third-order valence-corrected chi connectivity index (χ3v) is 4.38. The molecule has 0 aromatic carbocycles. The zero-order valence-corrected chi connectivity index (χ0v) is 12.0. The van der Waals surface area contributed by atoms with E-state index in [-0.39, 0.29) is 6.03 Å². The van der Waals surface area contributed by atoms with Gasteiger partial charge in [-0.3, -0.25) is 4.79 Å². The van der Waals surface area contributed by atoms with Crippen molar-refractivity contribution in [1.29, 1.82) is 0 Å². The van der Waals surface area contributed by atoms with Gasteiger partial charge in [-0.05, 0) is 38.5 Å². The summed E-state index contributed by atoms with van der Waals surface area (Å²) in [4.78, 5) is 27.1. The van der Waals surface area contributed by atoms with E-state index in [0.29, 0.717) is 38.4 Å². The number of hydrogen-bond donors (Lipinski definition) is 1. The number of piperidine rings is 1. The number of carbonyl (C=O) groups excluding carboxylic acids is 1. The molecule has 1 aliphatic heterocycles. The summed E-state index contributed by atoms with van der Waals surface area (Å²) in [6.45, 7) is 3.80. The molecule has 1 saturated carbocycles. The van der Waals surface area contributed by atoms with E-state index in [1.807, 2.05) is 0 Å². The first-order chi connectivity index (χ1) is 9.46. The SMILES string of the molecule is C#CCN(CC1CC1)C(=O)N1CCC(C)(C(=O)O)CC1. The molecule has 2 fully saturated rings. The molecule has 0 aromatic heterocycles. The number of carboxylic acids is 1. The first-order valence-corrected chi connectivity index (χ1v) is 7.17. The van der Waals surface area contributed by atoms with Gasteiger partial charge in [0.15, 0.2) is 0 Å². The number of terminal acetylenes is 1. The Morgan fingerprint density at radius 1 is 1.40 bits per heavy atom. The molecule has 0 bridgehead atoms. The molecule has 1 N–H and O–H groups in total. The molecule has 1 aliphatic carbocycles. The fourth-order valence-electron chi connectivity index (χ4n) is 2.54. The average molecular weight is 278 g/mol. The molecule has 0 unspecified atom stereocenters. The Hall–Kier alpha value is -1.70. The standard InChI is InChI=1S/C15H22N2O3/c1-3-8-17(11-12-4-5-12)14(20)16-9-6-15(2,7-10-16)13(18)19/h1,12H,4-11H2,2H3,(H,18,19). The van der Waals surface area contributed by atoms with Gasteiger partial charge in [0.2, 0.25) is 0 Å². The lowest BCUT2D eigenvalue weighted by molar-refractivity contribution is -0.150. The summed E-state index contributed by atoms with van der Waals surface area (Å²) in [7, 11) is 0. The molecule has 0 spiro atoms. The Kier molecular flexibility index (Phi) is 4.22. The molecule has 2 rings (SSSR count). The molecule has 2 amide bonds. The summed E-state index contributed by atoms with van der Waals surface area (Å²) in [6, 6.07) is -0.0395. The average Bonchev–Trinajstić information content (AvgIpc) is 3.22. The highest BCUT2D eigenvalue weighted by molar-refractivity contribution is 5.77. The van der Waals surface area contributed by atoms with E-state index in [2.05, 4.69) is 5.92 Å². The van der Waals surface area contributed by atoms with Crippen molar-refractivity contribution < 1.29 is 14.7 Å². The van der Waals surface area contributed by atoms with Crippen molar-refractivity contribution in [2.24, 2.45) is 11.3 Å². The van der Waals surface area contributed by atoms with Crippen LogP contribution in [0, 0.1) is 23.7 Å². The summed E-state index contributed by atoms with van der Waals surface area (Å²) >= 11 is 0. The fourth-order valence-corrected chi connectivity index (χ4v) is 2.54. The van der Waals surface area contributed by atoms with Crippen molar-refractivity contribution in [3.8, 4) is 12.3 Å². The predicted molar refractivity (Wildman–Crippen MR) is 75.1 cm³/mol. The minimum Gasteiger partial charge on any atom is -0.481 e. The zero-order valence-electron chi connectivity index (χ0n) is 12.0. The van der Waals surface area contributed by atoms with E-state index >= 15 is 0 Å². The van der Waals surface area contributed by atoms with Crippen LogP contribution >= 0.6 is 0 Å². The quantitative estimate of drug-likeness (QED) is 0.795. The number of carboxylic acid groups (broad SMARTS) is 1. The minimum absolute atomic E-state index is 0.0395. The largest absolute Gasteiger partial charge is 0.481 e. The maximum atomic E-state index is 12.4. The Balaban J connectivity index is 1.92. The van der Waals surface area contributed by atoms with Gasteiger partial charge in [0.1, 0.15) is 0 Å². The van der Waals surface area contributed by atoms with Crippen LogP contribution in [0.1, 0.15) is 32.6 Å². The monoisotopic (exact) mass is 278 g/mol. The molecule has 1 heterocycles. The molecule has 0 radical (unpaired) electrons. The molecule has 110 valence electrons. The summed E-state index contributed by atoms with van der Waals surface area (Å²) in [6.07, 6.45) is 8.68. The number of aliphatic carboxylic acids is 1. The van der Waals surface area contributed by atoms with Crippen LogP contribution in [0.4, 0.5) is 4.79 Å². The smallest absolute Gasteiger partial charge is 0.320 e. The van der Waals surface area contributed by atoms with E-state index in [4.69, 9.17) is 6.42 Å². The van der Waals surface area contributed by atoms with Crippen LogP contribution in [0.2, 0.25) is 0 Å². The highest BCUT2D eigenvalue weighted by Crippen LogP contribution is 2.33. The topological polar surface area (TPSA) is 60.9 Å². The van der Waals surface area contributed by atoms with Gasteiger partial charge in [0.05, 0.1) is 12.0 Å². The minimum atomic E-state index is -0.775. The van der Waals surface area contributed by atoms with E-state index in [9.17, 15) is 14.7 Å². The number of carbonyl (C=O) groups is 2. The van der Waals surface area contributed by atoms with Crippen LogP contribution in [0.25, 0.3) is 0 Å². The van der Waals surface area contributed by atoms with Crippen LogP contribution in [-0.4, -0.2) is 53.1 Å². The van der Waals surface area contributed by atoms with Crippen LogP contribution in [0.3, 0.4) is 0 Å². The van der Waals surface area contributed by atoms with Gasteiger partial charge in [-0.2, -0.15) is 0 Å². The second-order valence-corrected chi connectivity index (χ2v) is 6.16. The van der Waals surface area contributed by atoms with Gasteiger partial charge < -0.3 is 14.9 Å². The van der Waals surface area contributed by atoms with Crippen molar-refractivity contribution in [2.45, 2.75) is 32.6 Å². The van der Waals surface area contributed by atoms with Crippen molar-refractivity contribution in [2.75, 3.05) is 26.2 Å². The third-order valence-electron chi connectivity index (χ3n) is 4.38. The molecule has 2 aliphatic rings. The summed E-state index contributed by atoms with van der Waals surface area (Å²) in [5.74, 6) is 2.36. The van der Waals surface area contributed by atoms with E-state index in [0.717, 1.165) is 6.54 Å². The molecule has 0 atom stereocenters. The van der Waals surface area contributed by atoms with Crippen LogP contribution in [-0.2, 0) is 4.79 Å². The first-order valence-electron chi connectivity index (χ1n) is 7.17. The second-order valence-electron chi connectivity index (χ2n) is 6.16. The number of nitrogens with zero attached hydrogens (tertiary/aromatic N) is 2. The summed E-state index contributed by atoms with van der Waals surface area (Å²) < 4.78 is 0. The van der Waals surface area contributed by atoms with Gasteiger partial charge in [-0.1, -0.05) is 5.92 Å². The highest BCUT2D eigenvalue weighted by atomic mass is 16.4. The lowest BCUT2D eigenvalue weighted by Gasteiger charge is -2.38. The molecule has 5 nitrogen and oxygen atoms in total. The van der Waals surface area contributed by atoms with Gasteiger partial charge in [0.25, 0.3) is 0 Å². The molecule has 5 heteroatoms. The predicted octanol–water partition coefficient (Wildman–Crippen LogP) is 1.64. The normalized spacial score (nSPS) is 21.1. The van der Waals surface area contributed by atoms with E-state index in [1.165, 1.54) is 12.8 Å². The van der Waals surface area contributed by atoms with Gasteiger partial charge in [0, 0.05) is 19.6 Å². The van der Waals surface area contributed by atoms with Crippen LogP contribution in [0.15, 0.2) is 0 Å². The maximum absolute atomic E-state index is 12.4. The third kappa shape index (κ3) is 3.24. The Labute approximate surface area is 119 Å². The van der Waals surface area contributed by atoms with Gasteiger partial charge in [-0.25, -0.2) is 4.79 Å². The highest BCUT2D eigenvalue weighted by Gasteiger charge is 2.39. The van der Waals surface area contributed by atoms with Crippen molar-refractivity contribution in [3.05, 3.63) is 0 Å². The number of hydrogen-bond acceptors (Lipinski definition) is 2. The molecule has 20 heavy (non-hydrogen) atoms. The number of rotatable bonds is 4. The molecule has 1 saturated heterocycles. The zero-order chi connectivity index (χ0) is 14.8. The Bertz CT molecular complexity index is 429. The number of likely N-dealkylation sites (tertiary alicyclic amines) is 1. The van der Waals surface area contributed by atoms with Crippen molar-refractivity contribution in [1.82, 2.24) is 9.80 Å². The summed E-state index contributed by atoms with van der Waals surface area (Å²) in [5, 5.41) is 9.20. The maximum Gasteiger partial charge on any atom is 0.320 e. The van der Waals surface area contributed by atoms with Crippen LogP contribution < -0.4 is 0 Å². The Morgan fingerprint density at radius 3 is 2.45 bits per heavy atom.